The van der Waals surface area contributed by atoms with E-state index in [4.69, 9.17) is 16.3 Å². The van der Waals surface area contributed by atoms with Gasteiger partial charge in [-0.2, -0.15) is 8.42 Å². The summed E-state index contributed by atoms with van der Waals surface area (Å²) in [7, 11) is -0.274. The van der Waals surface area contributed by atoms with Crippen molar-refractivity contribution in [2.45, 2.75) is 17.9 Å². The number of hydrogen-bond acceptors (Lipinski definition) is 4. The van der Waals surface area contributed by atoms with E-state index in [9.17, 15) is 8.42 Å². The largest absolute Gasteiger partial charge is 0.380 e. The molecule has 19 heavy (non-hydrogen) atoms. The number of rotatable bonds is 3. The van der Waals surface area contributed by atoms with Crippen molar-refractivity contribution in [3.63, 3.8) is 0 Å². The van der Waals surface area contributed by atoms with Gasteiger partial charge in [0.25, 0.3) is 10.0 Å². The maximum Gasteiger partial charge on any atom is 0.285 e. The van der Waals surface area contributed by atoms with Crippen LogP contribution in [0.4, 0.5) is 0 Å². The van der Waals surface area contributed by atoms with Crippen molar-refractivity contribution >= 4 is 27.5 Å². The Morgan fingerprint density at radius 1 is 1.47 bits per heavy atom. The van der Waals surface area contributed by atoms with Crippen molar-refractivity contribution in [3.05, 3.63) is 28.8 Å². The fourth-order valence-corrected chi connectivity index (χ4v) is 3.53. The number of fused-ring (bicyclic) bond motifs is 1. The molecule has 0 aliphatic carbocycles. The molecule has 0 bridgehead atoms. The molecule has 1 aromatic rings. The number of benzene rings is 1. The highest BCUT2D eigenvalue weighted by atomic mass is 35.5. The van der Waals surface area contributed by atoms with Gasteiger partial charge < -0.3 is 9.64 Å². The Hall–Kier alpha value is -1.11. The van der Waals surface area contributed by atoms with Gasteiger partial charge in [-0.05, 0) is 19.1 Å². The molecule has 1 aromatic carbocycles. The third kappa shape index (κ3) is 2.61. The lowest BCUT2D eigenvalue weighted by atomic mass is 10.2. The molecule has 0 aromatic heterocycles. The Kier molecular flexibility index (Phi) is 3.85. The average Bonchev–Trinajstić information content (AvgIpc) is 2.63. The van der Waals surface area contributed by atoms with Crippen LogP contribution in [0.25, 0.3) is 0 Å². The van der Waals surface area contributed by atoms with Gasteiger partial charge in [-0.25, -0.2) is 0 Å². The number of halogens is 1. The first-order valence-electron chi connectivity index (χ1n) is 5.74. The van der Waals surface area contributed by atoms with Crippen molar-refractivity contribution in [2.75, 3.05) is 20.7 Å². The molecule has 7 heteroatoms. The minimum absolute atomic E-state index is 0.0399. The number of likely N-dealkylation sites (N-methyl/N-ethyl adjacent to an activating group) is 1. The van der Waals surface area contributed by atoms with Crippen LogP contribution in [0.2, 0.25) is 5.02 Å². The second-order valence-electron chi connectivity index (χ2n) is 4.43. The van der Waals surface area contributed by atoms with E-state index >= 15 is 0 Å². The molecule has 1 atom stereocenters. The summed E-state index contributed by atoms with van der Waals surface area (Å²) in [5.41, 5.74) is 0.468. The molecule has 1 unspecified atom stereocenters. The SMILES string of the molecule is COC(C)CN(C)C1=NS(=O)(=O)c2cccc(Cl)c21. The highest BCUT2D eigenvalue weighted by Crippen LogP contribution is 2.32. The van der Waals surface area contributed by atoms with E-state index < -0.39 is 10.0 Å². The monoisotopic (exact) mass is 302 g/mol. The molecule has 0 saturated heterocycles. The molecule has 0 radical (unpaired) electrons. The Bertz CT molecular complexity index is 628. The Balaban J connectivity index is 2.45. The zero-order chi connectivity index (χ0) is 14.2. The lowest BCUT2D eigenvalue weighted by molar-refractivity contribution is 0.102. The van der Waals surface area contributed by atoms with Crippen LogP contribution in [0.5, 0.6) is 0 Å². The summed E-state index contributed by atoms with van der Waals surface area (Å²) in [5.74, 6) is 0.365. The van der Waals surface area contributed by atoms with Crippen molar-refractivity contribution in [2.24, 2.45) is 4.40 Å². The van der Waals surface area contributed by atoms with Crippen LogP contribution in [0.15, 0.2) is 27.5 Å². The van der Waals surface area contributed by atoms with Gasteiger partial charge in [0.2, 0.25) is 0 Å². The maximum absolute atomic E-state index is 12.0. The van der Waals surface area contributed by atoms with Gasteiger partial charge in [0.15, 0.2) is 5.84 Å². The first-order valence-corrected chi connectivity index (χ1v) is 7.56. The quantitative estimate of drug-likeness (QED) is 0.853. The summed E-state index contributed by atoms with van der Waals surface area (Å²) in [6.07, 6.45) is -0.0399. The number of sulfonamides is 1. The minimum Gasteiger partial charge on any atom is -0.380 e. The summed E-state index contributed by atoms with van der Waals surface area (Å²) >= 11 is 6.10. The van der Waals surface area contributed by atoms with Crippen molar-refractivity contribution in [1.82, 2.24) is 4.90 Å². The van der Waals surface area contributed by atoms with E-state index in [2.05, 4.69) is 4.40 Å². The summed E-state index contributed by atoms with van der Waals surface area (Å²) in [4.78, 5) is 1.90. The molecule has 1 aliphatic rings. The zero-order valence-corrected chi connectivity index (χ0v) is 12.5. The summed E-state index contributed by atoms with van der Waals surface area (Å²) in [6.45, 7) is 2.42. The number of nitrogens with zero attached hydrogens (tertiary/aromatic N) is 2. The normalized spacial score (nSPS) is 17.8. The van der Waals surface area contributed by atoms with Crippen LogP contribution in [-0.2, 0) is 14.8 Å². The Morgan fingerprint density at radius 2 is 2.16 bits per heavy atom. The molecule has 0 fully saturated rings. The van der Waals surface area contributed by atoms with Crippen molar-refractivity contribution < 1.29 is 13.2 Å². The van der Waals surface area contributed by atoms with Gasteiger partial charge in [-0.1, -0.05) is 17.7 Å². The minimum atomic E-state index is -3.64. The highest BCUT2D eigenvalue weighted by Gasteiger charge is 2.32. The molecule has 2 rings (SSSR count). The lowest BCUT2D eigenvalue weighted by Crippen LogP contribution is -2.34. The van der Waals surface area contributed by atoms with Gasteiger partial charge >= 0.3 is 0 Å². The smallest absolute Gasteiger partial charge is 0.285 e. The Labute approximate surface area is 117 Å². The topological polar surface area (TPSA) is 59.0 Å². The average molecular weight is 303 g/mol. The lowest BCUT2D eigenvalue weighted by Gasteiger charge is -2.22. The molecule has 0 N–H and O–H groups in total. The van der Waals surface area contributed by atoms with E-state index in [0.29, 0.717) is 23.0 Å². The summed E-state index contributed by atoms with van der Waals surface area (Å²) in [6, 6.07) is 4.78. The molecular formula is C12H15ClN2O3S. The van der Waals surface area contributed by atoms with E-state index in [0.717, 1.165) is 0 Å². The van der Waals surface area contributed by atoms with Crippen molar-refractivity contribution in [1.29, 1.82) is 0 Å². The first kappa shape index (κ1) is 14.3. The first-order chi connectivity index (χ1) is 8.86. The molecule has 0 amide bonds. The van der Waals surface area contributed by atoms with Gasteiger partial charge in [-0.15, -0.1) is 4.40 Å². The van der Waals surface area contributed by atoms with E-state index in [1.54, 1.807) is 31.2 Å². The van der Waals surface area contributed by atoms with Crippen LogP contribution >= 0.6 is 11.6 Å². The number of methoxy groups -OCH3 is 1. The zero-order valence-electron chi connectivity index (χ0n) is 10.9. The number of ether oxygens (including phenoxy) is 1. The van der Waals surface area contributed by atoms with Gasteiger partial charge in [0.05, 0.1) is 16.7 Å². The van der Waals surface area contributed by atoms with Crippen LogP contribution in [0.3, 0.4) is 0 Å². The van der Waals surface area contributed by atoms with E-state index in [1.165, 1.54) is 6.07 Å². The summed E-state index contributed by atoms with van der Waals surface area (Å²) < 4.78 is 32.9. The molecule has 5 nitrogen and oxygen atoms in total. The number of amidine groups is 1. The third-order valence-corrected chi connectivity index (χ3v) is 4.60. The maximum atomic E-state index is 12.0. The predicted molar refractivity (Wildman–Crippen MR) is 74.3 cm³/mol. The second kappa shape index (κ2) is 5.11. The van der Waals surface area contributed by atoms with E-state index in [-0.39, 0.29) is 11.0 Å². The van der Waals surface area contributed by atoms with Gasteiger partial charge in [-0.3, -0.25) is 0 Å². The fraction of sp³-hybridized carbons (Fsp3) is 0.417. The van der Waals surface area contributed by atoms with Crippen LogP contribution in [-0.4, -0.2) is 46.0 Å². The highest BCUT2D eigenvalue weighted by molar-refractivity contribution is 7.90. The van der Waals surface area contributed by atoms with Crippen molar-refractivity contribution in [3.8, 4) is 0 Å². The predicted octanol–water partition coefficient (Wildman–Crippen LogP) is 1.76. The van der Waals surface area contributed by atoms with Gasteiger partial charge in [0, 0.05) is 20.7 Å². The van der Waals surface area contributed by atoms with Crippen LogP contribution < -0.4 is 0 Å². The molecule has 0 saturated carbocycles. The number of hydrogen-bond donors (Lipinski definition) is 0. The van der Waals surface area contributed by atoms with Crippen LogP contribution in [0, 0.1) is 0 Å². The Morgan fingerprint density at radius 3 is 2.79 bits per heavy atom. The molecule has 0 spiro atoms. The summed E-state index contributed by atoms with van der Waals surface area (Å²) in [5, 5.41) is 0.384. The molecule has 1 heterocycles. The fourth-order valence-electron chi connectivity index (χ4n) is 1.95. The molecule has 104 valence electrons. The second-order valence-corrected chi connectivity index (χ2v) is 6.41. The van der Waals surface area contributed by atoms with Crippen LogP contribution in [0.1, 0.15) is 12.5 Å². The molecular weight excluding hydrogens is 288 g/mol. The van der Waals surface area contributed by atoms with Gasteiger partial charge in [0.1, 0.15) is 4.90 Å². The third-order valence-electron chi connectivity index (χ3n) is 2.98. The van der Waals surface area contributed by atoms with E-state index in [1.807, 2.05) is 6.92 Å². The standard InChI is InChI=1S/C12H15ClN2O3S/c1-8(18-3)7-15(2)12-11-9(13)5-4-6-10(11)19(16,17)14-12/h4-6,8H,7H2,1-3H3. The molecule has 1 aliphatic heterocycles.